The van der Waals surface area contributed by atoms with E-state index in [-0.39, 0.29) is 42.8 Å². The molecule has 3 rings (SSSR count). The van der Waals surface area contributed by atoms with E-state index in [1.165, 1.54) is 29.2 Å². The monoisotopic (exact) mass is 502 g/mol. The number of carbonyl (C=O) groups excluding carboxylic acids is 4. The lowest BCUT2D eigenvalue weighted by atomic mass is 10.1. The zero-order chi connectivity index (χ0) is 26.2. The van der Waals surface area contributed by atoms with E-state index in [4.69, 9.17) is 11.5 Å². The van der Waals surface area contributed by atoms with Crippen LogP contribution in [-0.2, 0) is 19.2 Å². The average Bonchev–Trinajstić information content (AvgIpc) is 3.50. The van der Waals surface area contributed by atoms with E-state index >= 15 is 0 Å². The van der Waals surface area contributed by atoms with Gasteiger partial charge in [0.1, 0.15) is 18.1 Å². The van der Waals surface area contributed by atoms with Gasteiger partial charge in [0, 0.05) is 37.3 Å². The number of hydrogen-bond donors (Lipinski definition) is 5. The number of benzene rings is 1. The molecule has 1 aromatic rings. The molecule has 4 amide bonds. The Labute approximate surface area is 207 Å². The highest BCUT2D eigenvalue weighted by Gasteiger charge is 2.40. The van der Waals surface area contributed by atoms with Crippen molar-refractivity contribution in [2.75, 3.05) is 18.4 Å². The number of nitrogens with one attached hydrogen (secondary N) is 3. The van der Waals surface area contributed by atoms with Crippen molar-refractivity contribution >= 4 is 41.0 Å². The largest absolute Gasteiger partial charge is 0.370 e. The quantitative estimate of drug-likeness (QED) is 0.0907. The Kier molecular flexibility index (Phi) is 8.76. The van der Waals surface area contributed by atoms with E-state index in [1.807, 2.05) is 0 Å². The van der Waals surface area contributed by atoms with Crippen LogP contribution >= 0.6 is 0 Å². The molecule has 2 heterocycles. The van der Waals surface area contributed by atoms with Crippen molar-refractivity contribution in [3.63, 3.8) is 0 Å². The third kappa shape index (κ3) is 6.90. The topological polar surface area (TPSA) is 215 Å². The minimum Gasteiger partial charge on any atom is -0.370 e. The maximum absolute atomic E-state index is 13.2. The predicted molar refractivity (Wildman–Crippen MR) is 129 cm³/mol. The van der Waals surface area contributed by atoms with Gasteiger partial charge < -0.3 is 32.3 Å². The molecule has 0 radical (unpaired) electrons. The number of anilines is 1. The summed E-state index contributed by atoms with van der Waals surface area (Å²) in [5.74, 6) is -1.60. The predicted octanol–water partition coefficient (Wildman–Crippen LogP) is -0.659. The van der Waals surface area contributed by atoms with Gasteiger partial charge in [0.2, 0.25) is 23.6 Å². The number of aliphatic imine (C=N–C) groups is 1. The van der Waals surface area contributed by atoms with Crippen LogP contribution in [0.3, 0.4) is 0 Å². The lowest BCUT2D eigenvalue weighted by molar-refractivity contribution is -0.384. The molecule has 2 aliphatic heterocycles. The summed E-state index contributed by atoms with van der Waals surface area (Å²) >= 11 is 0. The number of guanidine groups is 1. The molecule has 0 aliphatic carbocycles. The average molecular weight is 503 g/mol. The summed E-state index contributed by atoms with van der Waals surface area (Å²) in [5, 5.41) is 18.9. The number of likely N-dealkylation sites (tertiary alicyclic amines) is 1. The second-order valence-corrected chi connectivity index (χ2v) is 8.65. The molecule has 1 aromatic carbocycles. The van der Waals surface area contributed by atoms with Gasteiger partial charge in [0.25, 0.3) is 5.69 Å². The fourth-order valence-electron chi connectivity index (χ4n) is 4.24. The first-order chi connectivity index (χ1) is 17.2. The number of hydrogen-bond acceptors (Lipinski definition) is 7. The third-order valence-corrected chi connectivity index (χ3v) is 6.06. The standard InChI is InChI=1S/C22H30N8O6/c23-22(24)25-11-1-3-15(19(32)26-13-5-7-14(8-6-13)30(35)36)28-20(33)17-4-2-12-29(17)21(34)16-9-10-18(31)27-16/h5-8,15-17H,1-4,9-12H2,(H,26,32)(H,27,31)(H,28,33)(H4,23,24,25)/t15-,16+,17-/m0/s1. The summed E-state index contributed by atoms with van der Waals surface area (Å²) in [6.07, 6.45) is 2.30. The molecule has 2 aliphatic rings. The van der Waals surface area contributed by atoms with E-state index in [1.54, 1.807) is 0 Å². The highest BCUT2D eigenvalue weighted by Crippen LogP contribution is 2.22. The molecule has 14 heteroatoms. The van der Waals surface area contributed by atoms with Crippen molar-refractivity contribution in [1.29, 1.82) is 0 Å². The lowest BCUT2D eigenvalue weighted by Crippen LogP contribution is -2.54. The first-order valence-electron chi connectivity index (χ1n) is 11.7. The van der Waals surface area contributed by atoms with Gasteiger partial charge >= 0.3 is 0 Å². The maximum Gasteiger partial charge on any atom is 0.269 e. The van der Waals surface area contributed by atoms with Gasteiger partial charge in [-0.3, -0.25) is 34.3 Å². The summed E-state index contributed by atoms with van der Waals surface area (Å²) in [7, 11) is 0. The molecular weight excluding hydrogens is 472 g/mol. The van der Waals surface area contributed by atoms with Gasteiger partial charge in [-0.15, -0.1) is 0 Å². The molecule has 2 fully saturated rings. The zero-order valence-electron chi connectivity index (χ0n) is 19.6. The molecule has 2 saturated heterocycles. The number of non-ortho nitro benzene ring substituents is 1. The van der Waals surface area contributed by atoms with Crippen molar-refractivity contribution in [3.05, 3.63) is 34.4 Å². The molecule has 0 unspecified atom stereocenters. The minimum absolute atomic E-state index is 0.0926. The number of rotatable bonds is 10. The van der Waals surface area contributed by atoms with Gasteiger partial charge in [-0.25, -0.2) is 0 Å². The van der Waals surface area contributed by atoms with E-state index in [0.29, 0.717) is 37.9 Å². The Bertz CT molecular complexity index is 1040. The van der Waals surface area contributed by atoms with Crippen LogP contribution in [0.15, 0.2) is 29.3 Å². The molecule has 7 N–H and O–H groups in total. The molecule has 194 valence electrons. The molecular formula is C22H30N8O6. The minimum atomic E-state index is -0.967. The van der Waals surface area contributed by atoms with Crippen molar-refractivity contribution in [3.8, 4) is 0 Å². The second kappa shape index (κ2) is 12.0. The number of nitrogens with zero attached hydrogens (tertiary/aromatic N) is 3. The third-order valence-electron chi connectivity index (χ3n) is 6.06. The van der Waals surface area contributed by atoms with Gasteiger partial charge in [0.15, 0.2) is 5.96 Å². The Morgan fingerprint density at radius 2 is 1.94 bits per heavy atom. The fraction of sp³-hybridized carbons (Fsp3) is 0.500. The Hall–Kier alpha value is -4.23. The summed E-state index contributed by atoms with van der Waals surface area (Å²) in [6, 6.07) is 2.92. The van der Waals surface area contributed by atoms with Crippen molar-refractivity contribution < 1.29 is 24.1 Å². The smallest absolute Gasteiger partial charge is 0.269 e. The summed E-state index contributed by atoms with van der Waals surface area (Å²) in [4.78, 5) is 66.2. The lowest BCUT2D eigenvalue weighted by Gasteiger charge is -2.28. The summed E-state index contributed by atoms with van der Waals surface area (Å²) in [6.45, 7) is 0.627. The Morgan fingerprint density at radius 3 is 2.56 bits per heavy atom. The van der Waals surface area contributed by atoms with Crippen LogP contribution in [0.1, 0.15) is 38.5 Å². The van der Waals surface area contributed by atoms with Gasteiger partial charge in [-0.05, 0) is 44.2 Å². The van der Waals surface area contributed by atoms with Gasteiger partial charge in [0.05, 0.1) is 4.92 Å². The first-order valence-corrected chi connectivity index (χ1v) is 11.7. The van der Waals surface area contributed by atoms with Crippen LogP contribution < -0.4 is 27.4 Å². The number of nitro groups is 1. The van der Waals surface area contributed by atoms with Crippen LogP contribution in [-0.4, -0.2) is 70.6 Å². The zero-order valence-corrected chi connectivity index (χ0v) is 19.6. The molecule has 36 heavy (non-hydrogen) atoms. The SMILES string of the molecule is NC(N)=NCCC[C@H](NC(=O)[C@@H]1CCCN1C(=O)[C@H]1CCC(=O)N1)C(=O)Nc1ccc([N+](=O)[O-])cc1. The number of nitrogens with two attached hydrogens (primary N) is 2. The maximum atomic E-state index is 13.2. The summed E-state index contributed by atoms with van der Waals surface area (Å²) in [5.41, 5.74) is 10.9. The van der Waals surface area contributed by atoms with E-state index < -0.39 is 34.9 Å². The molecule has 0 aromatic heterocycles. The van der Waals surface area contributed by atoms with Crippen LogP contribution in [0, 0.1) is 10.1 Å². The van der Waals surface area contributed by atoms with Crippen LogP contribution in [0.2, 0.25) is 0 Å². The summed E-state index contributed by atoms with van der Waals surface area (Å²) < 4.78 is 0. The van der Waals surface area contributed by atoms with Gasteiger partial charge in [-0.1, -0.05) is 0 Å². The van der Waals surface area contributed by atoms with Gasteiger partial charge in [-0.2, -0.15) is 0 Å². The second-order valence-electron chi connectivity index (χ2n) is 8.65. The van der Waals surface area contributed by atoms with Crippen LogP contribution in [0.4, 0.5) is 11.4 Å². The number of carbonyl (C=O) groups is 4. The van der Waals surface area contributed by atoms with E-state index in [0.717, 1.165) is 0 Å². The van der Waals surface area contributed by atoms with Crippen LogP contribution in [0.25, 0.3) is 0 Å². The molecule has 0 bridgehead atoms. The highest BCUT2D eigenvalue weighted by atomic mass is 16.6. The number of nitro benzene ring substituents is 1. The fourth-order valence-corrected chi connectivity index (χ4v) is 4.24. The molecule has 14 nitrogen and oxygen atoms in total. The first kappa shape index (κ1) is 26.4. The molecule has 3 atom stereocenters. The van der Waals surface area contributed by atoms with E-state index in [2.05, 4.69) is 20.9 Å². The Morgan fingerprint density at radius 1 is 1.22 bits per heavy atom. The highest BCUT2D eigenvalue weighted by molar-refractivity contribution is 5.99. The molecule has 0 spiro atoms. The Balaban J connectivity index is 1.67. The van der Waals surface area contributed by atoms with Crippen molar-refractivity contribution in [2.24, 2.45) is 16.5 Å². The van der Waals surface area contributed by atoms with E-state index in [9.17, 15) is 29.3 Å². The molecule has 0 saturated carbocycles. The van der Waals surface area contributed by atoms with Crippen LogP contribution in [0.5, 0.6) is 0 Å². The normalized spacial score (nSPS) is 19.8. The van der Waals surface area contributed by atoms with Crippen molar-refractivity contribution in [2.45, 2.75) is 56.7 Å². The number of amides is 4. The van der Waals surface area contributed by atoms with Crippen molar-refractivity contribution in [1.82, 2.24) is 15.5 Å².